The third-order valence-electron chi connectivity index (χ3n) is 17.8. The summed E-state index contributed by atoms with van der Waals surface area (Å²) in [4.78, 5) is 24.6. The van der Waals surface area contributed by atoms with Gasteiger partial charge in [-0.05, 0) is 51.4 Å². The molecule has 0 bridgehead atoms. The van der Waals surface area contributed by atoms with Gasteiger partial charge in [0.05, 0.1) is 25.4 Å². The molecule has 0 aromatic carbocycles. The summed E-state index contributed by atoms with van der Waals surface area (Å²) in [7, 11) is 0. The lowest BCUT2D eigenvalue weighted by Gasteiger charge is -2.22. The van der Waals surface area contributed by atoms with Crippen LogP contribution in [0.1, 0.15) is 431 Å². The number of amides is 1. The van der Waals surface area contributed by atoms with Gasteiger partial charge < -0.3 is 20.3 Å². The fraction of sp³-hybridized carbons (Fsp3) is 0.947. The Balaban J connectivity index is 3.34. The number of nitrogens with one attached hydrogen (secondary N) is 1. The van der Waals surface area contributed by atoms with E-state index in [9.17, 15) is 19.8 Å². The van der Waals surface area contributed by atoms with E-state index in [1.807, 2.05) is 0 Å². The molecule has 81 heavy (non-hydrogen) atoms. The third-order valence-corrected chi connectivity index (χ3v) is 17.8. The van der Waals surface area contributed by atoms with Crippen LogP contribution in [0, 0.1) is 0 Å². The third kappa shape index (κ3) is 67.6. The van der Waals surface area contributed by atoms with E-state index >= 15 is 0 Å². The van der Waals surface area contributed by atoms with Gasteiger partial charge in [0, 0.05) is 12.8 Å². The van der Waals surface area contributed by atoms with Gasteiger partial charge >= 0.3 is 5.97 Å². The van der Waals surface area contributed by atoms with Gasteiger partial charge in [-0.1, -0.05) is 379 Å². The molecule has 0 spiro atoms. The van der Waals surface area contributed by atoms with Gasteiger partial charge in [-0.25, -0.2) is 0 Å². The second-order valence-electron chi connectivity index (χ2n) is 26.0. The Bertz CT molecular complexity index is 1220. The topological polar surface area (TPSA) is 95.9 Å². The van der Waals surface area contributed by atoms with E-state index < -0.39 is 12.1 Å². The Labute approximate surface area is 508 Å². The van der Waals surface area contributed by atoms with E-state index in [1.165, 1.54) is 360 Å². The van der Waals surface area contributed by atoms with Crippen LogP contribution in [0.2, 0.25) is 0 Å². The van der Waals surface area contributed by atoms with Crippen molar-refractivity contribution in [2.24, 2.45) is 0 Å². The van der Waals surface area contributed by atoms with E-state index in [-0.39, 0.29) is 18.5 Å². The Hall–Kier alpha value is -1.40. The average molecular weight is 1140 g/mol. The molecule has 2 unspecified atom stereocenters. The number of aliphatic hydroxyl groups is 2. The molecule has 0 aromatic rings. The molecule has 0 aliphatic heterocycles. The lowest BCUT2D eigenvalue weighted by Crippen LogP contribution is -2.45. The monoisotopic (exact) mass is 1140 g/mol. The Morgan fingerprint density at radius 2 is 0.580 bits per heavy atom. The summed E-state index contributed by atoms with van der Waals surface area (Å²) in [6.45, 7) is 5.01. The largest absolute Gasteiger partial charge is 0.466 e. The maximum Gasteiger partial charge on any atom is 0.305 e. The van der Waals surface area contributed by atoms with Crippen molar-refractivity contribution in [3.8, 4) is 0 Å². The van der Waals surface area contributed by atoms with Crippen LogP contribution in [0.15, 0.2) is 12.2 Å². The molecule has 0 aliphatic carbocycles. The van der Waals surface area contributed by atoms with E-state index in [0.717, 1.165) is 38.5 Å². The summed E-state index contributed by atoms with van der Waals surface area (Å²) in [6, 6.07) is -0.540. The number of unbranched alkanes of at least 4 members (excludes halogenated alkanes) is 58. The zero-order valence-corrected chi connectivity index (χ0v) is 55.3. The molecule has 0 heterocycles. The minimum absolute atomic E-state index is 0.0217. The number of aliphatic hydroxyl groups excluding tert-OH is 2. The first-order chi connectivity index (χ1) is 40.0. The van der Waals surface area contributed by atoms with Crippen molar-refractivity contribution in [2.75, 3.05) is 13.2 Å². The predicted octanol–water partition coefficient (Wildman–Crippen LogP) is 24.3. The van der Waals surface area contributed by atoms with Crippen molar-refractivity contribution >= 4 is 11.9 Å². The normalized spacial score (nSPS) is 12.5. The lowest BCUT2D eigenvalue weighted by molar-refractivity contribution is -0.143. The molecule has 0 saturated carbocycles. The smallest absolute Gasteiger partial charge is 0.305 e. The molecule has 482 valence electrons. The predicted molar refractivity (Wildman–Crippen MR) is 357 cm³/mol. The zero-order valence-electron chi connectivity index (χ0n) is 55.3. The molecule has 0 saturated heterocycles. The highest BCUT2D eigenvalue weighted by atomic mass is 16.5. The molecular weight excluding hydrogens is 995 g/mol. The highest BCUT2D eigenvalue weighted by Crippen LogP contribution is 2.20. The molecular formula is C75H147NO5. The minimum atomic E-state index is -0.663. The molecule has 0 aromatic heterocycles. The van der Waals surface area contributed by atoms with Crippen molar-refractivity contribution in [2.45, 2.75) is 443 Å². The average Bonchev–Trinajstić information content (AvgIpc) is 3.47. The second-order valence-corrected chi connectivity index (χ2v) is 26.0. The lowest BCUT2D eigenvalue weighted by atomic mass is 10.0. The van der Waals surface area contributed by atoms with Crippen LogP contribution in [-0.2, 0) is 14.3 Å². The molecule has 6 heteroatoms. The number of ether oxygens (including phenoxy) is 1. The van der Waals surface area contributed by atoms with Crippen molar-refractivity contribution in [3.63, 3.8) is 0 Å². The quantitative estimate of drug-likeness (QED) is 0.0320. The van der Waals surface area contributed by atoms with Crippen LogP contribution in [0.25, 0.3) is 0 Å². The van der Waals surface area contributed by atoms with Crippen LogP contribution in [0.3, 0.4) is 0 Å². The van der Waals surface area contributed by atoms with Crippen LogP contribution in [0.5, 0.6) is 0 Å². The van der Waals surface area contributed by atoms with E-state index in [0.29, 0.717) is 25.9 Å². The van der Waals surface area contributed by atoms with Gasteiger partial charge in [0.25, 0.3) is 0 Å². The van der Waals surface area contributed by atoms with Crippen LogP contribution in [0.4, 0.5) is 0 Å². The van der Waals surface area contributed by atoms with Crippen molar-refractivity contribution < 1.29 is 24.5 Å². The summed E-state index contributed by atoms with van der Waals surface area (Å²) >= 11 is 0. The Morgan fingerprint density at radius 3 is 0.877 bits per heavy atom. The van der Waals surface area contributed by atoms with E-state index in [4.69, 9.17) is 4.74 Å². The second kappa shape index (κ2) is 71.1. The van der Waals surface area contributed by atoms with Gasteiger partial charge in [0.1, 0.15) is 0 Å². The van der Waals surface area contributed by atoms with Crippen molar-refractivity contribution in [1.29, 1.82) is 0 Å². The van der Waals surface area contributed by atoms with Gasteiger partial charge in [0.2, 0.25) is 5.91 Å². The number of rotatable bonds is 71. The summed E-state index contributed by atoms with van der Waals surface area (Å²) in [6.07, 6.45) is 88.5. The fourth-order valence-corrected chi connectivity index (χ4v) is 12.1. The number of carbonyl (C=O) groups excluding carboxylic acids is 2. The Kier molecular flexibility index (Phi) is 69.9. The maximum atomic E-state index is 12.5. The molecule has 2 atom stereocenters. The first-order valence-corrected chi connectivity index (χ1v) is 37.4. The number of esters is 1. The van der Waals surface area contributed by atoms with Gasteiger partial charge in [-0.15, -0.1) is 0 Å². The summed E-state index contributed by atoms with van der Waals surface area (Å²) in [5.74, 6) is -0.00655. The first kappa shape index (κ1) is 79.6. The molecule has 0 radical (unpaired) electrons. The summed E-state index contributed by atoms with van der Waals surface area (Å²) in [5.41, 5.74) is 0. The van der Waals surface area contributed by atoms with Gasteiger partial charge in [-0.2, -0.15) is 0 Å². The van der Waals surface area contributed by atoms with Crippen LogP contribution < -0.4 is 5.32 Å². The number of allylic oxidation sites excluding steroid dienone is 2. The highest BCUT2D eigenvalue weighted by Gasteiger charge is 2.20. The molecule has 6 nitrogen and oxygen atoms in total. The molecule has 0 fully saturated rings. The number of hydrogen-bond acceptors (Lipinski definition) is 5. The number of carbonyl (C=O) groups is 2. The SMILES string of the molecule is CCCCCCCCCCCCCCCCCCCCC(O)C(CO)NC(=O)CCCCCCCCCCCCCCCCC/C=C\CCCCCCCCCCCCCCOC(=O)CCCCCCCCCCCCCCCCC. The number of hydrogen-bond donors (Lipinski definition) is 3. The van der Waals surface area contributed by atoms with E-state index in [1.54, 1.807) is 0 Å². The van der Waals surface area contributed by atoms with Crippen LogP contribution >= 0.6 is 0 Å². The minimum Gasteiger partial charge on any atom is -0.466 e. The molecule has 1 amide bonds. The zero-order chi connectivity index (χ0) is 58.5. The van der Waals surface area contributed by atoms with Crippen molar-refractivity contribution in [3.05, 3.63) is 12.2 Å². The molecule has 3 N–H and O–H groups in total. The van der Waals surface area contributed by atoms with Crippen LogP contribution in [-0.4, -0.2) is 47.4 Å². The summed E-state index contributed by atoms with van der Waals surface area (Å²) in [5, 5.41) is 23.4. The molecule has 0 aliphatic rings. The fourth-order valence-electron chi connectivity index (χ4n) is 12.1. The highest BCUT2D eigenvalue weighted by molar-refractivity contribution is 5.76. The standard InChI is InChI=1S/C75H147NO5/c1-3-5-7-9-11-13-15-17-19-20-36-40-43-47-51-55-59-63-67-73(78)72(71-77)76-74(79)68-64-60-56-52-48-44-41-37-34-32-30-28-26-24-22-21-23-25-27-29-31-33-35-38-42-46-50-54-58-62-66-70-81-75(80)69-65-61-57-53-49-45-39-18-16-14-12-10-8-6-4-2/h23,25,72-73,77-78H,3-22,24,26-71H2,1-2H3,(H,76,79)/b25-23-. The van der Waals surface area contributed by atoms with E-state index in [2.05, 4.69) is 31.3 Å². The Morgan fingerprint density at radius 1 is 0.333 bits per heavy atom. The maximum absolute atomic E-state index is 12.5. The first-order valence-electron chi connectivity index (χ1n) is 37.4. The van der Waals surface area contributed by atoms with Gasteiger partial charge in [-0.3, -0.25) is 9.59 Å². The van der Waals surface area contributed by atoms with Crippen molar-refractivity contribution in [1.82, 2.24) is 5.32 Å². The molecule has 0 rings (SSSR count). The van der Waals surface area contributed by atoms with Gasteiger partial charge in [0.15, 0.2) is 0 Å². The summed E-state index contributed by atoms with van der Waals surface area (Å²) < 4.78 is 5.50.